The molecule has 0 aliphatic heterocycles. The number of halogens is 1. The van der Waals surface area contributed by atoms with Crippen LogP contribution in [0.1, 0.15) is 24.8 Å². The van der Waals surface area contributed by atoms with E-state index in [0.29, 0.717) is 12.6 Å². The minimum absolute atomic E-state index is 0.318. The Hall–Kier alpha value is -1.16. The number of aromatic nitrogens is 1. The zero-order valence-corrected chi connectivity index (χ0v) is 8.91. The molecule has 1 aromatic rings. The molecule has 0 aromatic carbocycles. The van der Waals surface area contributed by atoms with Gasteiger partial charge in [0.25, 0.3) is 0 Å². The Morgan fingerprint density at radius 2 is 2.33 bits per heavy atom. The summed E-state index contributed by atoms with van der Waals surface area (Å²) >= 11 is 0. The van der Waals surface area contributed by atoms with Gasteiger partial charge in [0.2, 0.25) is 0 Å². The van der Waals surface area contributed by atoms with Gasteiger partial charge in [0.05, 0.1) is 6.20 Å². The van der Waals surface area contributed by atoms with Crippen LogP contribution in [0.5, 0.6) is 0 Å². The zero-order valence-electron chi connectivity index (χ0n) is 8.91. The summed E-state index contributed by atoms with van der Waals surface area (Å²) in [5.74, 6) is 0.504. The van der Waals surface area contributed by atoms with Crippen LogP contribution in [-0.4, -0.2) is 18.1 Å². The molecule has 0 unspecified atom stereocenters. The first kappa shape index (κ1) is 10.4. The number of pyridine rings is 1. The fourth-order valence-corrected chi connectivity index (χ4v) is 1.89. The van der Waals surface area contributed by atoms with Gasteiger partial charge in [-0.2, -0.15) is 0 Å². The highest BCUT2D eigenvalue weighted by molar-refractivity contribution is 5.47. The summed E-state index contributed by atoms with van der Waals surface area (Å²) in [6.07, 6.45) is 4.91. The first-order valence-corrected chi connectivity index (χ1v) is 5.29. The summed E-state index contributed by atoms with van der Waals surface area (Å²) in [7, 11) is 2.00. The Labute approximate surface area is 89.1 Å². The molecular formula is C11H16FN3. The lowest BCUT2D eigenvalue weighted by molar-refractivity contribution is 0.398. The van der Waals surface area contributed by atoms with Crippen molar-refractivity contribution in [3.05, 3.63) is 23.6 Å². The predicted octanol–water partition coefficient (Wildman–Crippen LogP) is 1.67. The molecule has 2 rings (SSSR count). The van der Waals surface area contributed by atoms with E-state index in [-0.39, 0.29) is 5.82 Å². The lowest BCUT2D eigenvalue weighted by atomic mass is 9.91. The van der Waals surface area contributed by atoms with Crippen molar-refractivity contribution in [2.75, 3.05) is 11.9 Å². The van der Waals surface area contributed by atoms with Crippen LogP contribution in [0.15, 0.2) is 12.3 Å². The number of nitrogens with two attached hydrogens (primary N) is 1. The standard InChI is InChI=1S/C11H16FN3/c1-15(10-3-2-4-10)11-8(6-13)5-9(12)7-14-11/h5,7,10H,2-4,6,13H2,1H3. The summed E-state index contributed by atoms with van der Waals surface area (Å²) < 4.78 is 13.0. The molecule has 1 aromatic heterocycles. The van der Waals surface area contributed by atoms with Crippen LogP contribution in [0.3, 0.4) is 0 Å². The molecule has 82 valence electrons. The van der Waals surface area contributed by atoms with E-state index in [1.54, 1.807) is 0 Å². The van der Waals surface area contributed by atoms with Crippen LogP contribution in [0, 0.1) is 5.82 Å². The average Bonchev–Trinajstić information content (AvgIpc) is 2.14. The first-order chi connectivity index (χ1) is 7.22. The molecule has 0 atom stereocenters. The predicted molar refractivity (Wildman–Crippen MR) is 58.1 cm³/mol. The van der Waals surface area contributed by atoms with Crippen molar-refractivity contribution in [1.29, 1.82) is 0 Å². The van der Waals surface area contributed by atoms with Gasteiger partial charge in [0.15, 0.2) is 0 Å². The number of nitrogens with zero attached hydrogens (tertiary/aromatic N) is 2. The fraction of sp³-hybridized carbons (Fsp3) is 0.545. The fourth-order valence-electron chi connectivity index (χ4n) is 1.89. The van der Waals surface area contributed by atoms with Gasteiger partial charge < -0.3 is 10.6 Å². The second-order valence-corrected chi connectivity index (χ2v) is 4.04. The maximum Gasteiger partial charge on any atom is 0.141 e. The average molecular weight is 209 g/mol. The van der Waals surface area contributed by atoms with Gasteiger partial charge in [0.1, 0.15) is 11.6 Å². The van der Waals surface area contributed by atoms with Crippen LogP contribution >= 0.6 is 0 Å². The summed E-state index contributed by atoms with van der Waals surface area (Å²) in [6, 6.07) is 2.02. The van der Waals surface area contributed by atoms with Gasteiger partial charge in [-0.3, -0.25) is 0 Å². The van der Waals surface area contributed by atoms with E-state index < -0.39 is 0 Å². The summed E-state index contributed by atoms with van der Waals surface area (Å²) in [6.45, 7) is 0.331. The number of hydrogen-bond donors (Lipinski definition) is 1. The molecule has 0 bridgehead atoms. The van der Waals surface area contributed by atoms with Gasteiger partial charge in [0, 0.05) is 25.2 Å². The van der Waals surface area contributed by atoms with Gasteiger partial charge in [-0.05, 0) is 25.3 Å². The molecule has 1 aliphatic carbocycles. The molecule has 1 aliphatic rings. The van der Waals surface area contributed by atoms with Crippen molar-refractivity contribution < 1.29 is 4.39 Å². The molecule has 0 saturated heterocycles. The lowest BCUT2D eigenvalue weighted by Crippen LogP contribution is -2.38. The maximum atomic E-state index is 13.0. The van der Waals surface area contributed by atoms with E-state index in [1.807, 2.05) is 7.05 Å². The Kier molecular flexibility index (Phi) is 2.86. The van der Waals surface area contributed by atoms with Crippen LogP contribution in [0.25, 0.3) is 0 Å². The van der Waals surface area contributed by atoms with Crippen LogP contribution in [0.4, 0.5) is 10.2 Å². The van der Waals surface area contributed by atoms with Gasteiger partial charge in [-0.25, -0.2) is 9.37 Å². The van der Waals surface area contributed by atoms with E-state index in [1.165, 1.54) is 31.5 Å². The van der Waals surface area contributed by atoms with Crippen molar-refractivity contribution in [2.45, 2.75) is 31.8 Å². The smallest absolute Gasteiger partial charge is 0.141 e. The summed E-state index contributed by atoms with van der Waals surface area (Å²) in [5, 5.41) is 0. The highest BCUT2D eigenvalue weighted by Gasteiger charge is 2.24. The molecule has 1 saturated carbocycles. The van der Waals surface area contributed by atoms with Crippen molar-refractivity contribution in [3.8, 4) is 0 Å². The van der Waals surface area contributed by atoms with Crippen molar-refractivity contribution >= 4 is 5.82 Å². The third-order valence-corrected chi connectivity index (χ3v) is 3.09. The molecule has 0 radical (unpaired) electrons. The van der Waals surface area contributed by atoms with Gasteiger partial charge in [-0.1, -0.05) is 0 Å². The molecule has 4 heteroatoms. The topological polar surface area (TPSA) is 42.2 Å². The largest absolute Gasteiger partial charge is 0.356 e. The van der Waals surface area contributed by atoms with E-state index in [0.717, 1.165) is 11.4 Å². The third kappa shape index (κ3) is 1.95. The zero-order chi connectivity index (χ0) is 10.8. The minimum atomic E-state index is -0.318. The second-order valence-electron chi connectivity index (χ2n) is 4.04. The monoisotopic (exact) mass is 209 g/mol. The SMILES string of the molecule is CN(c1ncc(F)cc1CN)C1CCC1. The Morgan fingerprint density at radius 1 is 1.60 bits per heavy atom. The molecular weight excluding hydrogens is 193 g/mol. The van der Waals surface area contributed by atoms with Crippen LogP contribution < -0.4 is 10.6 Å². The molecule has 0 spiro atoms. The molecule has 1 fully saturated rings. The molecule has 2 N–H and O–H groups in total. The summed E-state index contributed by atoms with van der Waals surface area (Å²) in [4.78, 5) is 6.24. The van der Waals surface area contributed by atoms with Crippen molar-refractivity contribution in [3.63, 3.8) is 0 Å². The molecule has 15 heavy (non-hydrogen) atoms. The first-order valence-electron chi connectivity index (χ1n) is 5.29. The Morgan fingerprint density at radius 3 is 2.87 bits per heavy atom. The van der Waals surface area contributed by atoms with Crippen molar-refractivity contribution in [1.82, 2.24) is 4.98 Å². The maximum absolute atomic E-state index is 13.0. The number of rotatable bonds is 3. The molecule has 3 nitrogen and oxygen atoms in total. The third-order valence-electron chi connectivity index (χ3n) is 3.09. The molecule has 0 amide bonds. The van der Waals surface area contributed by atoms with Gasteiger partial charge in [-0.15, -0.1) is 0 Å². The Balaban J connectivity index is 2.25. The Bertz CT molecular complexity index is 350. The van der Waals surface area contributed by atoms with Crippen LogP contribution in [-0.2, 0) is 6.54 Å². The molecule has 1 heterocycles. The lowest BCUT2D eigenvalue weighted by Gasteiger charge is -2.36. The van der Waals surface area contributed by atoms with E-state index in [2.05, 4.69) is 9.88 Å². The second kappa shape index (κ2) is 4.14. The number of hydrogen-bond acceptors (Lipinski definition) is 3. The highest BCUT2D eigenvalue weighted by Crippen LogP contribution is 2.28. The number of anilines is 1. The summed E-state index contributed by atoms with van der Waals surface area (Å²) in [5.41, 5.74) is 6.37. The quantitative estimate of drug-likeness (QED) is 0.823. The van der Waals surface area contributed by atoms with Crippen LogP contribution in [0.2, 0.25) is 0 Å². The normalized spacial score (nSPS) is 16.2. The minimum Gasteiger partial charge on any atom is -0.356 e. The highest BCUT2D eigenvalue weighted by atomic mass is 19.1. The van der Waals surface area contributed by atoms with Gasteiger partial charge >= 0.3 is 0 Å². The van der Waals surface area contributed by atoms with E-state index in [9.17, 15) is 4.39 Å². The van der Waals surface area contributed by atoms with E-state index in [4.69, 9.17) is 5.73 Å². The van der Waals surface area contributed by atoms with Crippen molar-refractivity contribution in [2.24, 2.45) is 5.73 Å². The van der Waals surface area contributed by atoms with E-state index >= 15 is 0 Å².